The van der Waals surface area contributed by atoms with Crippen molar-refractivity contribution in [1.29, 1.82) is 0 Å². The number of hydrogen-bond acceptors (Lipinski definition) is 6. The second kappa shape index (κ2) is 9.33. The molecule has 4 heterocycles. The van der Waals surface area contributed by atoms with Crippen LogP contribution in [0.25, 0.3) is 15.4 Å². The summed E-state index contributed by atoms with van der Waals surface area (Å²) in [6.45, 7) is 7.03. The van der Waals surface area contributed by atoms with Gasteiger partial charge in [-0.05, 0) is 62.1 Å². The van der Waals surface area contributed by atoms with E-state index in [9.17, 15) is 14.0 Å². The highest BCUT2D eigenvalue weighted by atomic mass is 32.1. The zero-order chi connectivity index (χ0) is 25.8. The molecule has 2 aliphatic rings. The summed E-state index contributed by atoms with van der Waals surface area (Å²) >= 11 is 2.94. The van der Waals surface area contributed by atoms with Crippen molar-refractivity contribution < 1.29 is 14.0 Å². The molecule has 1 aliphatic carbocycles. The lowest BCUT2D eigenvalue weighted by molar-refractivity contribution is 0.0692. The number of aromatic nitrogens is 3. The quantitative estimate of drug-likeness (QED) is 0.380. The van der Waals surface area contributed by atoms with Crippen LogP contribution in [0, 0.1) is 37.4 Å². The summed E-state index contributed by atoms with van der Waals surface area (Å²) in [5.74, 6) is 0.733. The van der Waals surface area contributed by atoms with Crippen molar-refractivity contribution in [3.8, 4) is 10.4 Å². The number of likely N-dealkylation sites (tertiary alicyclic amines) is 1. The maximum absolute atomic E-state index is 14.0. The molecule has 1 saturated carbocycles. The molecule has 1 unspecified atom stereocenters. The number of amides is 2. The largest absolute Gasteiger partial charge is 0.349 e. The van der Waals surface area contributed by atoms with E-state index in [-0.39, 0.29) is 23.7 Å². The van der Waals surface area contributed by atoms with E-state index in [4.69, 9.17) is 0 Å². The Kier molecular flexibility index (Phi) is 6.11. The van der Waals surface area contributed by atoms with E-state index < -0.39 is 0 Å². The Balaban J connectivity index is 1.28. The SMILES string of the molecule is Cc1nc(C(=O)N2C[C@@H]3CC(C)C[C@@H]3[C@H]2CNC(=O)c2c(C)nc3sccn23)c(-c2ccc(F)cc2)s1. The summed E-state index contributed by atoms with van der Waals surface area (Å²) in [6.07, 6.45) is 3.98. The molecule has 37 heavy (non-hydrogen) atoms. The fourth-order valence-electron chi connectivity index (χ4n) is 6.19. The molecule has 0 spiro atoms. The minimum absolute atomic E-state index is 0.110. The topological polar surface area (TPSA) is 79.6 Å². The first-order valence-corrected chi connectivity index (χ1v) is 14.2. The molecule has 3 aromatic heterocycles. The van der Waals surface area contributed by atoms with Crippen LogP contribution in [0.15, 0.2) is 35.8 Å². The van der Waals surface area contributed by atoms with Crippen molar-refractivity contribution in [2.75, 3.05) is 13.1 Å². The Morgan fingerprint density at radius 2 is 1.95 bits per heavy atom. The Morgan fingerprint density at radius 1 is 1.16 bits per heavy atom. The molecule has 7 nitrogen and oxygen atoms in total. The molecule has 4 atom stereocenters. The van der Waals surface area contributed by atoms with Crippen molar-refractivity contribution in [2.24, 2.45) is 17.8 Å². The highest BCUT2D eigenvalue weighted by Crippen LogP contribution is 2.46. The van der Waals surface area contributed by atoms with Gasteiger partial charge in [0.05, 0.1) is 21.6 Å². The second-order valence-electron chi connectivity index (χ2n) is 10.3. The first kappa shape index (κ1) is 24.2. The number of carbonyl (C=O) groups excluding carboxylic acids is 2. The van der Waals surface area contributed by atoms with E-state index in [0.717, 1.165) is 33.3 Å². The van der Waals surface area contributed by atoms with Gasteiger partial charge in [-0.25, -0.2) is 14.4 Å². The minimum Gasteiger partial charge on any atom is -0.349 e. The van der Waals surface area contributed by atoms with E-state index in [1.807, 2.05) is 34.7 Å². The predicted octanol–water partition coefficient (Wildman–Crippen LogP) is 5.19. The van der Waals surface area contributed by atoms with E-state index in [2.05, 4.69) is 22.2 Å². The molecular weight excluding hydrogens is 509 g/mol. The number of aryl methyl sites for hydroxylation is 2. The number of carbonyl (C=O) groups is 2. The van der Waals surface area contributed by atoms with Crippen LogP contribution >= 0.6 is 22.7 Å². The normalized spacial score (nSPS) is 23.1. The van der Waals surface area contributed by atoms with Gasteiger partial charge in [-0.3, -0.25) is 14.0 Å². The lowest BCUT2D eigenvalue weighted by atomic mass is 9.93. The Bertz CT molecular complexity index is 1490. The number of nitrogens with zero attached hydrogens (tertiary/aromatic N) is 4. The highest BCUT2D eigenvalue weighted by molar-refractivity contribution is 7.15. The van der Waals surface area contributed by atoms with E-state index in [1.54, 1.807) is 12.1 Å². The van der Waals surface area contributed by atoms with Crippen LogP contribution in [0.3, 0.4) is 0 Å². The van der Waals surface area contributed by atoms with Crippen molar-refractivity contribution in [3.05, 3.63) is 63.7 Å². The molecule has 192 valence electrons. The standard InChI is InChI=1S/C27H28FN5O2S2/c1-14-10-18-13-33(26(35)22-24(37-16(3)31-22)17-4-6-19(28)7-5-17)21(20(18)11-14)12-29-25(34)23-15(2)30-27-32(23)8-9-36-27/h4-9,14,18,20-21H,10-13H2,1-3H3,(H,29,34)/t14?,18-,20-,21+/m0/s1. The minimum atomic E-state index is -0.316. The van der Waals surface area contributed by atoms with Crippen molar-refractivity contribution in [1.82, 2.24) is 24.6 Å². The van der Waals surface area contributed by atoms with Crippen LogP contribution < -0.4 is 5.32 Å². The molecule has 1 aromatic carbocycles. The lowest BCUT2D eigenvalue weighted by Gasteiger charge is -2.28. The summed E-state index contributed by atoms with van der Waals surface area (Å²) in [7, 11) is 0. The van der Waals surface area contributed by atoms with E-state index >= 15 is 0 Å². The number of benzene rings is 1. The second-order valence-corrected chi connectivity index (χ2v) is 12.3. The molecule has 1 aliphatic heterocycles. The molecule has 1 saturated heterocycles. The monoisotopic (exact) mass is 537 g/mol. The average molecular weight is 538 g/mol. The maximum Gasteiger partial charge on any atom is 0.274 e. The molecule has 6 rings (SSSR count). The number of imidazole rings is 1. The van der Waals surface area contributed by atoms with Gasteiger partial charge in [-0.15, -0.1) is 22.7 Å². The number of hydrogen-bond donors (Lipinski definition) is 1. The molecule has 2 fully saturated rings. The summed E-state index contributed by atoms with van der Waals surface area (Å²) in [5.41, 5.74) is 2.42. The van der Waals surface area contributed by atoms with Crippen molar-refractivity contribution >= 4 is 39.4 Å². The van der Waals surface area contributed by atoms with Gasteiger partial charge in [-0.1, -0.05) is 19.1 Å². The average Bonchev–Trinajstić information content (AvgIpc) is 3.65. The van der Waals surface area contributed by atoms with Crippen LogP contribution in [0.2, 0.25) is 0 Å². The van der Waals surface area contributed by atoms with Crippen LogP contribution in [0.4, 0.5) is 4.39 Å². The van der Waals surface area contributed by atoms with Gasteiger partial charge in [0.1, 0.15) is 17.2 Å². The Labute approximate surface area is 222 Å². The third-order valence-corrected chi connectivity index (χ3v) is 9.51. The molecule has 0 bridgehead atoms. The van der Waals surface area contributed by atoms with Gasteiger partial charge in [0.25, 0.3) is 11.8 Å². The van der Waals surface area contributed by atoms with E-state index in [1.165, 1.54) is 34.8 Å². The number of thiazole rings is 2. The van der Waals surface area contributed by atoms with Gasteiger partial charge in [0, 0.05) is 24.7 Å². The zero-order valence-corrected chi connectivity index (χ0v) is 22.5. The van der Waals surface area contributed by atoms with Gasteiger partial charge < -0.3 is 10.2 Å². The lowest BCUT2D eigenvalue weighted by Crippen LogP contribution is -2.46. The maximum atomic E-state index is 14.0. The Hall–Kier alpha value is -3.11. The zero-order valence-electron chi connectivity index (χ0n) is 20.9. The number of fused-ring (bicyclic) bond motifs is 2. The van der Waals surface area contributed by atoms with Crippen molar-refractivity contribution in [3.63, 3.8) is 0 Å². The number of rotatable bonds is 5. The smallest absolute Gasteiger partial charge is 0.274 e. The Morgan fingerprint density at radius 3 is 2.73 bits per heavy atom. The fraction of sp³-hybridized carbons (Fsp3) is 0.407. The number of nitrogens with one attached hydrogen (secondary N) is 1. The fourth-order valence-corrected chi connectivity index (χ4v) is 7.87. The van der Waals surface area contributed by atoms with Crippen LogP contribution in [-0.2, 0) is 0 Å². The van der Waals surface area contributed by atoms with Crippen molar-refractivity contribution in [2.45, 2.75) is 39.7 Å². The van der Waals surface area contributed by atoms with Crippen LogP contribution in [-0.4, -0.2) is 50.2 Å². The third kappa shape index (κ3) is 4.25. The molecule has 10 heteroatoms. The summed E-state index contributed by atoms with van der Waals surface area (Å²) in [6, 6.07) is 6.08. The molecule has 2 amide bonds. The summed E-state index contributed by atoms with van der Waals surface area (Å²) < 4.78 is 15.4. The van der Waals surface area contributed by atoms with E-state index in [0.29, 0.717) is 47.9 Å². The molecule has 4 aromatic rings. The van der Waals surface area contributed by atoms with Crippen LogP contribution in [0.1, 0.15) is 51.4 Å². The summed E-state index contributed by atoms with van der Waals surface area (Å²) in [4.78, 5) is 39.8. The van der Waals surface area contributed by atoms with Gasteiger partial charge in [0.15, 0.2) is 4.96 Å². The summed E-state index contributed by atoms with van der Waals surface area (Å²) in [5, 5.41) is 5.82. The first-order chi connectivity index (χ1) is 17.8. The first-order valence-electron chi connectivity index (χ1n) is 12.5. The number of halogens is 1. The molecule has 0 radical (unpaired) electrons. The third-order valence-electron chi connectivity index (χ3n) is 7.74. The molecular formula is C27H28FN5O2S2. The highest BCUT2D eigenvalue weighted by Gasteiger charge is 2.48. The van der Waals surface area contributed by atoms with Crippen LogP contribution in [0.5, 0.6) is 0 Å². The van der Waals surface area contributed by atoms with Gasteiger partial charge in [-0.2, -0.15) is 0 Å². The molecule has 1 N–H and O–H groups in total. The van der Waals surface area contributed by atoms with Gasteiger partial charge in [0.2, 0.25) is 0 Å². The predicted molar refractivity (Wildman–Crippen MR) is 143 cm³/mol. The van der Waals surface area contributed by atoms with Gasteiger partial charge >= 0.3 is 0 Å².